The lowest BCUT2D eigenvalue weighted by Crippen LogP contribution is -2.48. The number of allylic oxidation sites excluding steroid dienone is 1. The predicted molar refractivity (Wildman–Crippen MR) is 73.4 cm³/mol. The molecule has 0 aliphatic carbocycles. The summed E-state index contributed by atoms with van der Waals surface area (Å²) in [6.45, 7) is 0. The lowest BCUT2D eigenvalue weighted by Gasteiger charge is -2.29. The third-order valence-electron chi connectivity index (χ3n) is 3.38. The molecule has 0 saturated carbocycles. The largest absolute Gasteiger partial charge is 0.497 e. The van der Waals surface area contributed by atoms with Gasteiger partial charge in [0.05, 0.1) is 18.8 Å². The summed E-state index contributed by atoms with van der Waals surface area (Å²) >= 11 is 0. The van der Waals surface area contributed by atoms with Crippen LogP contribution in [-0.2, 0) is 9.59 Å². The van der Waals surface area contributed by atoms with E-state index in [1.807, 2.05) is 6.07 Å². The normalized spacial score (nSPS) is 21.4. The molecular weight excluding hydrogens is 272 g/mol. The van der Waals surface area contributed by atoms with Gasteiger partial charge in [-0.15, -0.1) is 0 Å². The smallest absolute Gasteiger partial charge is 0.239 e. The van der Waals surface area contributed by atoms with E-state index in [0.717, 1.165) is 0 Å². The molecule has 0 saturated heterocycles. The number of rotatable bonds is 3. The maximum Gasteiger partial charge on any atom is 0.239 e. The molecule has 1 aliphatic rings. The molecule has 0 spiro atoms. The van der Waals surface area contributed by atoms with Gasteiger partial charge in [0.2, 0.25) is 11.8 Å². The minimum atomic E-state index is -1.18. The second kappa shape index (κ2) is 5.54. The summed E-state index contributed by atoms with van der Waals surface area (Å²) in [5.41, 5.74) is 11.7. The van der Waals surface area contributed by atoms with E-state index in [4.69, 9.17) is 16.2 Å². The first-order valence-electron chi connectivity index (χ1n) is 6.13. The van der Waals surface area contributed by atoms with E-state index in [0.29, 0.717) is 11.3 Å². The fraction of sp³-hybridized carbons (Fsp3) is 0.214. The Labute approximate surface area is 121 Å². The predicted octanol–water partition coefficient (Wildman–Crippen LogP) is -0.296. The molecule has 7 nitrogen and oxygen atoms in total. The molecule has 0 fully saturated rings. The van der Waals surface area contributed by atoms with Crippen molar-refractivity contribution in [1.29, 1.82) is 5.26 Å². The Hall–Kier alpha value is -3.01. The number of hydrogen-bond acceptors (Lipinski definition) is 5. The minimum Gasteiger partial charge on any atom is -0.497 e. The van der Waals surface area contributed by atoms with Crippen LogP contribution in [0.1, 0.15) is 11.5 Å². The third-order valence-corrected chi connectivity index (χ3v) is 3.38. The summed E-state index contributed by atoms with van der Waals surface area (Å²) in [5.74, 6) is -2.84. The second-order valence-electron chi connectivity index (χ2n) is 4.56. The highest BCUT2D eigenvalue weighted by Gasteiger charge is 2.41. The van der Waals surface area contributed by atoms with Crippen LogP contribution in [0.2, 0.25) is 0 Å². The first-order valence-corrected chi connectivity index (χ1v) is 6.13. The van der Waals surface area contributed by atoms with E-state index in [1.165, 1.54) is 7.11 Å². The van der Waals surface area contributed by atoms with Crippen molar-refractivity contribution in [3.63, 3.8) is 0 Å². The van der Waals surface area contributed by atoms with Gasteiger partial charge in [-0.1, -0.05) is 12.1 Å². The number of nitrogens with zero attached hydrogens (tertiary/aromatic N) is 1. The fourth-order valence-corrected chi connectivity index (χ4v) is 2.36. The maximum absolute atomic E-state index is 12.0. The highest BCUT2D eigenvalue weighted by atomic mass is 16.5. The van der Waals surface area contributed by atoms with Gasteiger partial charge in [0.1, 0.15) is 17.5 Å². The molecule has 0 unspecified atom stereocenters. The summed E-state index contributed by atoms with van der Waals surface area (Å²) in [6, 6.07) is 8.62. The summed E-state index contributed by atoms with van der Waals surface area (Å²) in [4.78, 5) is 23.6. The van der Waals surface area contributed by atoms with Crippen LogP contribution in [0.5, 0.6) is 5.75 Å². The number of amides is 2. The van der Waals surface area contributed by atoms with Gasteiger partial charge in [-0.2, -0.15) is 5.26 Å². The minimum absolute atomic E-state index is 0.0548. The number of hydrogen-bond donors (Lipinski definition) is 3. The molecule has 2 atom stereocenters. The number of carbonyl (C=O) groups is 2. The maximum atomic E-state index is 12.0. The molecule has 1 heterocycles. The molecule has 108 valence electrons. The Morgan fingerprint density at radius 1 is 1.38 bits per heavy atom. The van der Waals surface area contributed by atoms with Gasteiger partial charge in [-0.05, 0) is 17.7 Å². The molecule has 7 heteroatoms. The number of nitriles is 1. The molecule has 21 heavy (non-hydrogen) atoms. The Balaban J connectivity index is 2.56. The van der Waals surface area contributed by atoms with Crippen LogP contribution in [0.25, 0.3) is 0 Å². The summed E-state index contributed by atoms with van der Waals surface area (Å²) in [5, 5.41) is 11.6. The molecule has 1 aliphatic heterocycles. The molecule has 1 aromatic rings. The van der Waals surface area contributed by atoms with Crippen LogP contribution in [0, 0.1) is 17.2 Å². The average molecular weight is 286 g/mol. The number of methoxy groups -OCH3 is 1. The van der Waals surface area contributed by atoms with E-state index >= 15 is 0 Å². The van der Waals surface area contributed by atoms with Gasteiger partial charge in [-0.3, -0.25) is 9.59 Å². The summed E-state index contributed by atoms with van der Waals surface area (Å²) < 4.78 is 5.05. The van der Waals surface area contributed by atoms with Crippen LogP contribution in [0.4, 0.5) is 0 Å². The van der Waals surface area contributed by atoms with E-state index in [2.05, 4.69) is 5.32 Å². The van der Waals surface area contributed by atoms with E-state index < -0.39 is 23.7 Å². The zero-order chi connectivity index (χ0) is 15.6. The molecule has 0 aromatic heterocycles. The van der Waals surface area contributed by atoms with Crippen molar-refractivity contribution < 1.29 is 14.3 Å². The van der Waals surface area contributed by atoms with Gasteiger partial charge in [-0.25, -0.2) is 0 Å². The van der Waals surface area contributed by atoms with Crippen molar-refractivity contribution >= 4 is 11.8 Å². The second-order valence-corrected chi connectivity index (χ2v) is 4.56. The van der Waals surface area contributed by atoms with Crippen molar-refractivity contribution in [3.8, 4) is 11.8 Å². The zero-order valence-electron chi connectivity index (χ0n) is 11.3. The number of nitrogens with two attached hydrogens (primary N) is 2. The Morgan fingerprint density at radius 3 is 2.48 bits per heavy atom. The quantitative estimate of drug-likeness (QED) is 0.657. The van der Waals surface area contributed by atoms with Crippen LogP contribution in [0.3, 0.4) is 0 Å². The lowest BCUT2D eigenvalue weighted by atomic mass is 9.77. The van der Waals surface area contributed by atoms with Crippen molar-refractivity contribution in [3.05, 3.63) is 41.2 Å². The van der Waals surface area contributed by atoms with Gasteiger partial charge < -0.3 is 21.5 Å². The fourth-order valence-electron chi connectivity index (χ4n) is 2.36. The number of carbonyl (C=O) groups excluding carboxylic acids is 2. The molecule has 1 aromatic carbocycles. The number of ether oxygens (including phenoxy) is 1. The SMILES string of the molecule is COc1ccc([C@H]2C(C#N)=C(N)NC(=O)[C@@H]2C(N)=O)cc1. The Morgan fingerprint density at radius 2 is 2.00 bits per heavy atom. The lowest BCUT2D eigenvalue weighted by molar-refractivity contribution is -0.134. The van der Waals surface area contributed by atoms with Crippen LogP contribution < -0.4 is 21.5 Å². The molecule has 2 rings (SSSR count). The highest BCUT2D eigenvalue weighted by molar-refractivity contribution is 6.03. The Bertz CT molecular complexity index is 658. The van der Waals surface area contributed by atoms with Crippen LogP contribution in [0.15, 0.2) is 35.7 Å². The first kappa shape index (κ1) is 14.4. The van der Waals surface area contributed by atoms with Gasteiger partial charge in [0.25, 0.3) is 0 Å². The summed E-state index contributed by atoms with van der Waals surface area (Å²) in [6.07, 6.45) is 0. The molecular formula is C14H14N4O3. The Kier molecular flexibility index (Phi) is 3.80. The van der Waals surface area contributed by atoms with Crippen molar-refractivity contribution in [1.82, 2.24) is 5.32 Å². The number of nitrogens with one attached hydrogen (secondary N) is 1. The monoisotopic (exact) mass is 286 g/mol. The van der Waals surface area contributed by atoms with Crippen molar-refractivity contribution in [2.45, 2.75) is 5.92 Å². The topological polar surface area (TPSA) is 131 Å². The van der Waals surface area contributed by atoms with Crippen molar-refractivity contribution in [2.24, 2.45) is 17.4 Å². The van der Waals surface area contributed by atoms with E-state index in [9.17, 15) is 14.9 Å². The van der Waals surface area contributed by atoms with E-state index in [-0.39, 0.29) is 11.4 Å². The van der Waals surface area contributed by atoms with Gasteiger partial charge in [0.15, 0.2) is 0 Å². The highest BCUT2D eigenvalue weighted by Crippen LogP contribution is 2.36. The van der Waals surface area contributed by atoms with Crippen LogP contribution >= 0.6 is 0 Å². The first-order chi connectivity index (χ1) is 9.99. The zero-order valence-corrected chi connectivity index (χ0v) is 11.3. The third kappa shape index (κ3) is 2.51. The van der Waals surface area contributed by atoms with Crippen LogP contribution in [-0.4, -0.2) is 18.9 Å². The molecule has 0 bridgehead atoms. The molecule has 0 radical (unpaired) electrons. The number of benzene rings is 1. The van der Waals surface area contributed by atoms with Gasteiger partial charge >= 0.3 is 0 Å². The number of primary amides is 1. The standard InChI is InChI=1S/C14H14N4O3/c1-21-8-4-2-7(3-5-8)10-9(6-15)12(16)18-14(20)11(10)13(17)19/h2-5,10-11H,16H2,1H3,(H2,17,19)(H,18,20)/t10-,11-/m0/s1. The van der Waals surface area contributed by atoms with Gasteiger partial charge in [0, 0.05) is 5.92 Å². The summed E-state index contributed by atoms with van der Waals surface area (Å²) in [7, 11) is 1.52. The average Bonchev–Trinajstić information content (AvgIpc) is 2.46. The van der Waals surface area contributed by atoms with E-state index in [1.54, 1.807) is 24.3 Å². The van der Waals surface area contributed by atoms with Crippen molar-refractivity contribution in [2.75, 3.05) is 7.11 Å². The molecule has 5 N–H and O–H groups in total. The molecule has 2 amide bonds.